The average molecular weight is 276 g/mol. The summed E-state index contributed by atoms with van der Waals surface area (Å²) in [5.41, 5.74) is 16.4. The van der Waals surface area contributed by atoms with Gasteiger partial charge in [-0.05, 0) is 41.7 Å². The molecule has 1 unspecified atom stereocenters. The number of nitrogen functional groups attached to an aromatic ring is 1. The Bertz CT molecular complexity index is 668. The van der Waals surface area contributed by atoms with Crippen molar-refractivity contribution in [2.75, 3.05) is 5.73 Å². The molecule has 0 aromatic heterocycles. The van der Waals surface area contributed by atoms with Gasteiger partial charge < -0.3 is 11.5 Å². The molecule has 0 amide bonds. The first kappa shape index (κ1) is 13.7. The maximum absolute atomic E-state index is 6.50. The minimum Gasteiger partial charge on any atom is -0.399 e. The lowest BCUT2D eigenvalue weighted by atomic mass is 9.83. The largest absolute Gasteiger partial charge is 0.399 e. The summed E-state index contributed by atoms with van der Waals surface area (Å²) in [5.74, 6) is 0. The Balaban J connectivity index is 1.74. The first-order chi connectivity index (χ1) is 10.1. The van der Waals surface area contributed by atoms with Crippen molar-refractivity contribution in [3.05, 3.63) is 84.0 Å². The molecule has 106 valence electrons. The van der Waals surface area contributed by atoms with Crippen LogP contribution in [0.2, 0.25) is 0 Å². The molecule has 0 fully saturated rings. The maximum Gasteiger partial charge on any atom is 0.0418 e. The topological polar surface area (TPSA) is 52.0 Å². The minimum absolute atomic E-state index is 0.293. The third-order valence-corrected chi connectivity index (χ3v) is 3.92. The van der Waals surface area contributed by atoms with Crippen molar-refractivity contribution in [2.24, 2.45) is 5.73 Å². The lowest BCUT2D eigenvalue weighted by molar-refractivity contribution is 0.529. The van der Waals surface area contributed by atoms with Crippen molar-refractivity contribution in [1.29, 1.82) is 0 Å². The van der Waals surface area contributed by atoms with Gasteiger partial charge in [0.05, 0.1) is 0 Å². The Morgan fingerprint density at radius 2 is 1.67 bits per heavy atom. The van der Waals surface area contributed by atoms with Gasteiger partial charge in [0.25, 0.3) is 0 Å². The molecule has 3 rings (SSSR count). The van der Waals surface area contributed by atoms with Crippen molar-refractivity contribution >= 4 is 11.3 Å². The molecule has 0 spiro atoms. The number of nitrogens with two attached hydrogens (primary N) is 2. The number of allylic oxidation sites excluding steroid dienone is 2. The van der Waals surface area contributed by atoms with Crippen molar-refractivity contribution in [3.8, 4) is 0 Å². The van der Waals surface area contributed by atoms with E-state index in [0.29, 0.717) is 0 Å². The van der Waals surface area contributed by atoms with Crippen LogP contribution >= 0.6 is 0 Å². The molecule has 1 aliphatic rings. The standard InChI is InChI=1S/C19H20N2/c20-18-8-6-16(7-9-18)17-10-12-19(21,13-11-17)14-15-4-2-1-3-5-15/h1-12H,13-14,20-21H2. The van der Waals surface area contributed by atoms with Gasteiger partial charge in [0.2, 0.25) is 0 Å². The molecule has 0 saturated heterocycles. The minimum atomic E-state index is -0.293. The molecule has 0 saturated carbocycles. The molecule has 4 N–H and O–H groups in total. The smallest absolute Gasteiger partial charge is 0.0418 e. The van der Waals surface area contributed by atoms with E-state index in [2.05, 4.69) is 42.5 Å². The summed E-state index contributed by atoms with van der Waals surface area (Å²) in [7, 11) is 0. The van der Waals surface area contributed by atoms with Crippen LogP contribution in [-0.4, -0.2) is 5.54 Å². The van der Waals surface area contributed by atoms with E-state index in [-0.39, 0.29) is 5.54 Å². The Morgan fingerprint density at radius 3 is 2.29 bits per heavy atom. The molecular formula is C19H20N2. The van der Waals surface area contributed by atoms with Gasteiger partial charge in [0.1, 0.15) is 0 Å². The molecule has 0 bridgehead atoms. The summed E-state index contributed by atoms with van der Waals surface area (Å²) in [4.78, 5) is 0. The second kappa shape index (κ2) is 5.58. The van der Waals surface area contributed by atoms with Crippen LogP contribution in [0.4, 0.5) is 5.69 Å². The van der Waals surface area contributed by atoms with Gasteiger partial charge in [-0.25, -0.2) is 0 Å². The zero-order valence-corrected chi connectivity index (χ0v) is 12.0. The van der Waals surface area contributed by atoms with Gasteiger partial charge >= 0.3 is 0 Å². The van der Waals surface area contributed by atoms with E-state index in [1.165, 1.54) is 16.7 Å². The van der Waals surface area contributed by atoms with Gasteiger partial charge in [-0.2, -0.15) is 0 Å². The lowest BCUT2D eigenvalue weighted by Crippen LogP contribution is -2.40. The van der Waals surface area contributed by atoms with E-state index in [9.17, 15) is 0 Å². The van der Waals surface area contributed by atoms with Crippen molar-refractivity contribution in [3.63, 3.8) is 0 Å². The summed E-state index contributed by atoms with van der Waals surface area (Å²) < 4.78 is 0. The van der Waals surface area contributed by atoms with Crippen LogP contribution in [0.1, 0.15) is 17.5 Å². The monoisotopic (exact) mass is 276 g/mol. The van der Waals surface area contributed by atoms with Crippen LogP contribution in [0.15, 0.2) is 72.8 Å². The fraction of sp³-hybridized carbons (Fsp3) is 0.158. The SMILES string of the molecule is Nc1ccc(C2=CCC(N)(Cc3ccccc3)C=C2)cc1. The summed E-state index contributed by atoms with van der Waals surface area (Å²) >= 11 is 0. The van der Waals surface area contributed by atoms with Crippen molar-refractivity contribution < 1.29 is 0 Å². The fourth-order valence-electron chi connectivity index (χ4n) is 2.69. The normalized spacial score (nSPS) is 21.1. The highest BCUT2D eigenvalue weighted by Crippen LogP contribution is 2.28. The van der Waals surface area contributed by atoms with E-state index in [1.807, 2.05) is 30.3 Å². The van der Waals surface area contributed by atoms with E-state index in [4.69, 9.17) is 11.5 Å². The molecule has 2 aromatic rings. The molecule has 2 heteroatoms. The van der Waals surface area contributed by atoms with Gasteiger partial charge in [0, 0.05) is 11.2 Å². The summed E-state index contributed by atoms with van der Waals surface area (Å²) in [5, 5.41) is 0. The average Bonchev–Trinajstić information content (AvgIpc) is 2.50. The molecule has 0 aliphatic heterocycles. The molecule has 2 nitrogen and oxygen atoms in total. The molecule has 0 radical (unpaired) electrons. The van der Waals surface area contributed by atoms with Gasteiger partial charge in [-0.1, -0.05) is 60.7 Å². The van der Waals surface area contributed by atoms with Crippen LogP contribution in [-0.2, 0) is 6.42 Å². The molecule has 1 atom stereocenters. The highest BCUT2D eigenvalue weighted by atomic mass is 14.7. The molecule has 0 heterocycles. The van der Waals surface area contributed by atoms with Gasteiger partial charge in [-0.3, -0.25) is 0 Å². The number of hydrogen-bond donors (Lipinski definition) is 2. The quantitative estimate of drug-likeness (QED) is 0.842. The molecule has 1 aliphatic carbocycles. The second-order valence-corrected chi connectivity index (χ2v) is 5.71. The first-order valence-corrected chi connectivity index (χ1v) is 7.23. The second-order valence-electron chi connectivity index (χ2n) is 5.71. The van der Waals surface area contributed by atoms with Crippen molar-refractivity contribution in [2.45, 2.75) is 18.4 Å². The van der Waals surface area contributed by atoms with E-state index < -0.39 is 0 Å². The van der Waals surface area contributed by atoms with Crippen molar-refractivity contribution in [1.82, 2.24) is 0 Å². The third-order valence-electron chi connectivity index (χ3n) is 3.92. The van der Waals surface area contributed by atoms with Crippen LogP contribution in [0, 0.1) is 0 Å². The Hall–Kier alpha value is -2.32. The number of hydrogen-bond acceptors (Lipinski definition) is 2. The predicted octanol–water partition coefficient (Wildman–Crippen LogP) is 3.55. The zero-order valence-electron chi connectivity index (χ0n) is 12.0. The van der Waals surface area contributed by atoms with Crippen LogP contribution < -0.4 is 11.5 Å². The number of rotatable bonds is 3. The van der Waals surface area contributed by atoms with Crippen LogP contribution in [0.5, 0.6) is 0 Å². The Kier molecular flexibility index (Phi) is 3.63. The fourth-order valence-corrected chi connectivity index (χ4v) is 2.69. The molecule has 21 heavy (non-hydrogen) atoms. The Morgan fingerprint density at radius 1 is 0.952 bits per heavy atom. The van der Waals surface area contributed by atoms with E-state index in [1.54, 1.807) is 0 Å². The summed E-state index contributed by atoms with van der Waals surface area (Å²) in [6.45, 7) is 0. The van der Waals surface area contributed by atoms with E-state index in [0.717, 1.165) is 18.5 Å². The highest BCUT2D eigenvalue weighted by Gasteiger charge is 2.23. The third kappa shape index (κ3) is 3.23. The van der Waals surface area contributed by atoms with Crippen LogP contribution in [0.3, 0.4) is 0 Å². The predicted molar refractivity (Wildman–Crippen MR) is 89.7 cm³/mol. The lowest BCUT2D eigenvalue weighted by Gasteiger charge is -2.28. The summed E-state index contributed by atoms with van der Waals surface area (Å²) in [6.07, 6.45) is 8.17. The molecule has 2 aromatic carbocycles. The summed E-state index contributed by atoms with van der Waals surface area (Å²) in [6, 6.07) is 18.3. The first-order valence-electron chi connectivity index (χ1n) is 7.23. The zero-order chi connectivity index (χ0) is 14.7. The highest BCUT2D eigenvalue weighted by molar-refractivity contribution is 5.76. The number of benzene rings is 2. The van der Waals surface area contributed by atoms with E-state index >= 15 is 0 Å². The number of anilines is 1. The van der Waals surface area contributed by atoms with Gasteiger partial charge in [-0.15, -0.1) is 0 Å². The molecular weight excluding hydrogens is 256 g/mol. The Labute approximate surface area is 125 Å². The van der Waals surface area contributed by atoms with Gasteiger partial charge in [0.15, 0.2) is 0 Å². The van der Waals surface area contributed by atoms with Crippen LogP contribution in [0.25, 0.3) is 5.57 Å². The maximum atomic E-state index is 6.50.